The highest BCUT2D eigenvalue weighted by molar-refractivity contribution is 6.11. The zero-order valence-electron chi connectivity index (χ0n) is 13.0. The summed E-state index contributed by atoms with van der Waals surface area (Å²) in [4.78, 5) is 24.1. The molecule has 0 fully saturated rings. The Labute approximate surface area is 130 Å². The Morgan fingerprint density at radius 2 is 1.73 bits per heavy atom. The fraction of sp³-hybridized carbons (Fsp3) is 0.222. The lowest BCUT2D eigenvalue weighted by Crippen LogP contribution is -2.17. The van der Waals surface area contributed by atoms with Crippen LogP contribution >= 0.6 is 0 Å². The van der Waals surface area contributed by atoms with Gasteiger partial charge in [0.1, 0.15) is 5.75 Å². The smallest absolute Gasteiger partial charge is 0.232 e. The van der Waals surface area contributed by atoms with Crippen molar-refractivity contribution in [1.29, 1.82) is 0 Å². The van der Waals surface area contributed by atoms with Gasteiger partial charge in [-0.2, -0.15) is 0 Å². The Morgan fingerprint density at radius 3 is 2.32 bits per heavy atom. The normalized spacial score (nSPS) is 10.1. The van der Waals surface area contributed by atoms with Crippen LogP contribution in [-0.4, -0.2) is 18.8 Å². The molecule has 0 radical (unpaired) electrons. The number of benzene rings is 2. The summed E-state index contributed by atoms with van der Waals surface area (Å²) >= 11 is 0. The van der Waals surface area contributed by atoms with Gasteiger partial charge in [-0.1, -0.05) is 17.7 Å². The van der Waals surface area contributed by atoms with Crippen LogP contribution in [0, 0.1) is 13.8 Å². The summed E-state index contributed by atoms with van der Waals surface area (Å²) in [6.45, 7) is 3.92. The van der Waals surface area contributed by atoms with E-state index in [-0.39, 0.29) is 18.1 Å². The molecule has 0 aromatic heterocycles. The van der Waals surface area contributed by atoms with Crippen molar-refractivity contribution in [1.82, 2.24) is 0 Å². The Kier molecular flexibility index (Phi) is 4.94. The molecule has 1 N–H and O–H groups in total. The zero-order chi connectivity index (χ0) is 16.1. The molecule has 0 bridgehead atoms. The first-order chi connectivity index (χ1) is 10.5. The van der Waals surface area contributed by atoms with Crippen LogP contribution in [0.3, 0.4) is 0 Å². The van der Waals surface area contributed by atoms with Crippen molar-refractivity contribution in [2.24, 2.45) is 0 Å². The first-order valence-corrected chi connectivity index (χ1v) is 7.04. The van der Waals surface area contributed by atoms with E-state index in [9.17, 15) is 9.59 Å². The molecule has 4 nitrogen and oxygen atoms in total. The molecule has 1 amide bonds. The number of rotatable bonds is 5. The van der Waals surface area contributed by atoms with Gasteiger partial charge in [0.15, 0.2) is 5.78 Å². The lowest BCUT2D eigenvalue weighted by atomic mass is 10.1. The van der Waals surface area contributed by atoms with Crippen LogP contribution < -0.4 is 10.1 Å². The average Bonchev–Trinajstić information content (AvgIpc) is 2.50. The van der Waals surface area contributed by atoms with Crippen LogP contribution in [0.5, 0.6) is 5.75 Å². The zero-order valence-corrected chi connectivity index (χ0v) is 13.0. The highest BCUT2D eigenvalue weighted by Crippen LogP contribution is 2.17. The SMILES string of the molecule is COc1ccc(C(=O)CC(=O)Nc2ccc(C)cc2C)cc1. The van der Waals surface area contributed by atoms with Crippen LogP contribution in [0.15, 0.2) is 42.5 Å². The number of amides is 1. The number of nitrogens with one attached hydrogen (secondary N) is 1. The van der Waals surface area contributed by atoms with Gasteiger partial charge in [0.25, 0.3) is 0 Å². The lowest BCUT2D eigenvalue weighted by molar-refractivity contribution is -0.115. The molecule has 2 aromatic carbocycles. The minimum Gasteiger partial charge on any atom is -0.497 e. The fourth-order valence-electron chi connectivity index (χ4n) is 2.17. The number of ketones is 1. The highest BCUT2D eigenvalue weighted by atomic mass is 16.5. The van der Waals surface area contributed by atoms with E-state index in [2.05, 4.69) is 5.32 Å². The van der Waals surface area contributed by atoms with Gasteiger partial charge in [0.05, 0.1) is 13.5 Å². The number of ether oxygens (including phenoxy) is 1. The fourth-order valence-corrected chi connectivity index (χ4v) is 2.17. The van der Waals surface area contributed by atoms with Crippen LogP contribution in [-0.2, 0) is 4.79 Å². The van der Waals surface area contributed by atoms with Crippen molar-refractivity contribution < 1.29 is 14.3 Å². The molecule has 22 heavy (non-hydrogen) atoms. The molecule has 2 rings (SSSR count). The summed E-state index contributed by atoms with van der Waals surface area (Å²) in [5, 5.41) is 2.78. The summed E-state index contributed by atoms with van der Waals surface area (Å²) < 4.78 is 5.04. The van der Waals surface area contributed by atoms with E-state index in [1.165, 1.54) is 0 Å². The second-order valence-corrected chi connectivity index (χ2v) is 5.20. The van der Waals surface area contributed by atoms with Crippen molar-refractivity contribution in [3.63, 3.8) is 0 Å². The molecule has 0 unspecified atom stereocenters. The molecule has 0 heterocycles. The number of hydrogen-bond donors (Lipinski definition) is 1. The van der Waals surface area contributed by atoms with Gasteiger partial charge in [0, 0.05) is 11.3 Å². The van der Waals surface area contributed by atoms with E-state index >= 15 is 0 Å². The molecule has 0 aliphatic rings. The van der Waals surface area contributed by atoms with Gasteiger partial charge in [-0.05, 0) is 49.7 Å². The molecule has 114 valence electrons. The van der Waals surface area contributed by atoms with Crippen molar-refractivity contribution >= 4 is 17.4 Å². The third-order valence-electron chi connectivity index (χ3n) is 3.39. The Balaban J connectivity index is 2.00. The van der Waals surface area contributed by atoms with Crippen molar-refractivity contribution in [2.45, 2.75) is 20.3 Å². The third-order valence-corrected chi connectivity index (χ3v) is 3.39. The number of methoxy groups -OCH3 is 1. The molecular weight excluding hydrogens is 278 g/mol. The maximum Gasteiger partial charge on any atom is 0.232 e. The van der Waals surface area contributed by atoms with Crippen LogP contribution in [0.4, 0.5) is 5.69 Å². The predicted octanol–water partition coefficient (Wildman–Crippen LogP) is 3.52. The Morgan fingerprint density at radius 1 is 1.05 bits per heavy atom. The number of anilines is 1. The van der Waals surface area contributed by atoms with E-state index in [0.717, 1.165) is 16.8 Å². The predicted molar refractivity (Wildman–Crippen MR) is 86.5 cm³/mol. The number of aryl methyl sites for hydroxylation is 2. The summed E-state index contributed by atoms with van der Waals surface area (Å²) in [6.07, 6.45) is -0.181. The van der Waals surface area contributed by atoms with E-state index in [0.29, 0.717) is 11.3 Å². The van der Waals surface area contributed by atoms with E-state index in [1.54, 1.807) is 31.4 Å². The van der Waals surface area contributed by atoms with Crippen molar-refractivity contribution in [2.75, 3.05) is 12.4 Å². The summed E-state index contributed by atoms with van der Waals surface area (Å²) in [6, 6.07) is 12.5. The molecule has 0 saturated carbocycles. The maximum absolute atomic E-state index is 12.1. The summed E-state index contributed by atoms with van der Waals surface area (Å²) in [5.41, 5.74) is 3.34. The van der Waals surface area contributed by atoms with Crippen molar-refractivity contribution in [3.8, 4) is 5.75 Å². The van der Waals surface area contributed by atoms with Gasteiger partial charge in [-0.15, -0.1) is 0 Å². The van der Waals surface area contributed by atoms with E-state index in [1.807, 2.05) is 32.0 Å². The number of hydrogen-bond acceptors (Lipinski definition) is 3. The van der Waals surface area contributed by atoms with Crippen LogP contribution in [0.25, 0.3) is 0 Å². The van der Waals surface area contributed by atoms with E-state index in [4.69, 9.17) is 4.74 Å². The first kappa shape index (κ1) is 15.8. The van der Waals surface area contributed by atoms with Gasteiger partial charge >= 0.3 is 0 Å². The molecule has 0 saturated heterocycles. The van der Waals surface area contributed by atoms with Crippen molar-refractivity contribution in [3.05, 3.63) is 59.2 Å². The monoisotopic (exact) mass is 297 g/mol. The molecule has 0 aliphatic heterocycles. The minimum atomic E-state index is -0.312. The minimum absolute atomic E-state index is 0.181. The Hall–Kier alpha value is -2.62. The van der Waals surface area contributed by atoms with E-state index < -0.39 is 0 Å². The molecule has 2 aromatic rings. The topological polar surface area (TPSA) is 55.4 Å². The Bertz CT molecular complexity index is 690. The molecule has 0 aliphatic carbocycles. The maximum atomic E-state index is 12.1. The molecule has 4 heteroatoms. The number of carbonyl (C=O) groups is 2. The third kappa shape index (κ3) is 3.95. The molecule has 0 atom stereocenters. The molecular formula is C18H19NO3. The van der Waals surface area contributed by atoms with Gasteiger partial charge < -0.3 is 10.1 Å². The van der Waals surface area contributed by atoms with Gasteiger partial charge in [-0.25, -0.2) is 0 Å². The number of Topliss-reactive ketones (excluding diaryl/α,β-unsaturated/α-hetero) is 1. The first-order valence-electron chi connectivity index (χ1n) is 7.04. The van der Waals surface area contributed by atoms with Gasteiger partial charge in [0.2, 0.25) is 5.91 Å². The van der Waals surface area contributed by atoms with Crippen LogP contribution in [0.1, 0.15) is 27.9 Å². The largest absolute Gasteiger partial charge is 0.497 e. The van der Waals surface area contributed by atoms with Crippen LogP contribution in [0.2, 0.25) is 0 Å². The second-order valence-electron chi connectivity index (χ2n) is 5.20. The lowest BCUT2D eigenvalue weighted by Gasteiger charge is -2.09. The summed E-state index contributed by atoms with van der Waals surface area (Å²) in [7, 11) is 1.56. The summed E-state index contributed by atoms with van der Waals surface area (Å²) in [5.74, 6) is 0.147. The standard InChI is InChI=1S/C18H19NO3/c1-12-4-9-16(13(2)10-12)19-18(21)11-17(20)14-5-7-15(22-3)8-6-14/h4-10H,11H2,1-3H3,(H,19,21). The average molecular weight is 297 g/mol. The van der Waals surface area contributed by atoms with Gasteiger partial charge in [-0.3, -0.25) is 9.59 Å². The number of carbonyl (C=O) groups excluding carboxylic acids is 2. The molecule has 0 spiro atoms. The second kappa shape index (κ2) is 6.89. The quantitative estimate of drug-likeness (QED) is 0.678. The highest BCUT2D eigenvalue weighted by Gasteiger charge is 2.13.